The number of anilines is 1. The number of halogens is 1. The second-order valence-electron chi connectivity index (χ2n) is 5.18. The Morgan fingerprint density at radius 3 is 3.15 bits per heavy atom. The van der Waals surface area contributed by atoms with Crippen LogP contribution in [0.4, 0.5) is 5.95 Å². The van der Waals surface area contributed by atoms with Crippen molar-refractivity contribution in [3.63, 3.8) is 0 Å². The lowest BCUT2D eigenvalue weighted by Crippen LogP contribution is -2.24. The van der Waals surface area contributed by atoms with Crippen LogP contribution in [0, 0.1) is 0 Å². The molecule has 0 saturated carbocycles. The van der Waals surface area contributed by atoms with E-state index in [4.69, 9.17) is 4.42 Å². The van der Waals surface area contributed by atoms with Gasteiger partial charge in [0.05, 0.1) is 24.8 Å². The number of aromatic amines is 1. The van der Waals surface area contributed by atoms with E-state index in [-0.39, 0.29) is 17.4 Å². The molecule has 0 unspecified atom stereocenters. The number of phenolic OH excluding ortho intramolecular Hbond substituents is 1. The van der Waals surface area contributed by atoms with Gasteiger partial charge in [0, 0.05) is 10.0 Å². The molecule has 1 amide bonds. The lowest BCUT2D eigenvalue weighted by atomic mass is 10.2. The van der Waals surface area contributed by atoms with E-state index in [9.17, 15) is 9.90 Å². The Morgan fingerprint density at radius 2 is 2.33 bits per heavy atom. The Hall–Kier alpha value is -2.79. The summed E-state index contributed by atoms with van der Waals surface area (Å²) in [5.74, 6) is 1.14. The smallest absolute Gasteiger partial charge is 0.240 e. The largest absolute Gasteiger partial charge is 0.507 e. The van der Waals surface area contributed by atoms with E-state index < -0.39 is 0 Å². The van der Waals surface area contributed by atoms with E-state index in [1.807, 2.05) is 0 Å². The molecule has 0 saturated heterocycles. The van der Waals surface area contributed by atoms with Gasteiger partial charge in [0.2, 0.25) is 17.0 Å². The molecule has 0 bridgehead atoms. The van der Waals surface area contributed by atoms with Crippen LogP contribution in [0.2, 0.25) is 0 Å². The molecule has 11 heteroatoms. The predicted octanol–water partition coefficient (Wildman–Crippen LogP) is 2.72. The minimum Gasteiger partial charge on any atom is -0.507 e. The van der Waals surface area contributed by atoms with Crippen molar-refractivity contribution in [2.24, 2.45) is 5.10 Å². The van der Waals surface area contributed by atoms with Gasteiger partial charge in [-0.1, -0.05) is 27.7 Å². The minimum atomic E-state index is -0.154. The Bertz CT molecular complexity index is 928. The summed E-state index contributed by atoms with van der Waals surface area (Å²) >= 11 is 4.51. The number of amides is 1. The number of hydrogen-bond donors (Lipinski definition) is 4. The summed E-state index contributed by atoms with van der Waals surface area (Å²) in [6.07, 6.45) is 3.01. The van der Waals surface area contributed by atoms with Gasteiger partial charge in [-0.15, -0.1) is 5.10 Å². The van der Waals surface area contributed by atoms with Crippen LogP contribution in [-0.4, -0.2) is 38.2 Å². The van der Waals surface area contributed by atoms with Gasteiger partial charge in [-0.05, 0) is 30.3 Å². The number of phenols is 1. The lowest BCUT2D eigenvalue weighted by molar-refractivity contribution is -0.118. The average Bonchev–Trinajstić information content (AvgIpc) is 3.33. The molecule has 2 heterocycles. The maximum absolute atomic E-state index is 11.8. The number of benzene rings is 1. The number of furan rings is 1. The van der Waals surface area contributed by atoms with Crippen molar-refractivity contribution in [3.05, 3.63) is 52.4 Å². The second-order valence-corrected chi connectivity index (χ2v) is 7.04. The standard InChI is InChI=1S/C16H15BrN6O3S/c17-11-3-4-13(24)10(6-11)7-19-21-15-20-16(23-22-15)27-9-14(25)18-8-12-2-1-5-26-12/h1-7,24H,8-9H2,(H,18,25)(H2,20,21,22,23)/b19-7-. The number of rotatable bonds is 8. The maximum atomic E-state index is 11.8. The topological polar surface area (TPSA) is 128 Å². The fourth-order valence-corrected chi connectivity index (χ4v) is 2.94. The van der Waals surface area contributed by atoms with Crippen molar-refractivity contribution in [2.45, 2.75) is 11.7 Å². The highest BCUT2D eigenvalue weighted by Crippen LogP contribution is 2.20. The maximum Gasteiger partial charge on any atom is 0.240 e. The van der Waals surface area contributed by atoms with Gasteiger partial charge < -0.3 is 14.8 Å². The molecule has 2 aromatic heterocycles. The van der Waals surface area contributed by atoms with Crippen molar-refractivity contribution in [1.29, 1.82) is 0 Å². The molecular weight excluding hydrogens is 436 g/mol. The number of H-pyrrole nitrogens is 1. The molecular formula is C16H15BrN6O3S. The monoisotopic (exact) mass is 450 g/mol. The van der Waals surface area contributed by atoms with Crippen molar-refractivity contribution in [1.82, 2.24) is 20.5 Å². The van der Waals surface area contributed by atoms with Crippen LogP contribution in [0.15, 0.2) is 55.7 Å². The highest BCUT2D eigenvalue weighted by Gasteiger charge is 2.08. The number of nitrogens with one attached hydrogen (secondary N) is 3. The SMILES string of the molecule is O=C(CSc1n[nH]c(N/N=C\c2cc(Br)ccc2O)n1)NCc1ccco1. The number of aromatic nitrogens is 3. The highest BCUT2D eigenvalue weighted by atomic mass is 79.9. The molecule has 0 atom stereocenters. The molecule has 0 aliphatic carbocycles. The molecule has 0 aliphatic rings. The molecule has 140 valence electrons. The van der Waals surface area contributed by atoms with Gasteiger partial charge in [0.25, 0.3) is 0 Å². The third kappa shape index (κ3) is 5.86. The van der Waals surface area contributed by atoms with Crippen molar-refractivity contribution < 1.29 is 14.3 Å². The van der Waals surface area contributed by atoms with Gasteiger partial charge in [-0.2, -0.15) is 10.1 Å². The number of aromatic hydroxyl groups is 1. The molecule has 0 fully saturated rings. The molecule has 0 radical (unpaired) electrons. The molecule has 3 aromatic rings. The normalized spacial score (nSPS) is 11.0. The van der Waals surface area contributed by atoms with E-state index in [0.29, 0.717) is 29.0 Å². The first kappa shape index (κ1) is 19.0. The fraction of sp³-hybridized carbons (Fsp3) is 0.125. The van der Waals surface area contributed by atoms with Gasteiger partial charge in [0.1, 0.15) is 11.5 Å². The number of carbonyl (C=O) groups is 1. The lowest BCUT2D eigenvalue weighted by Gasteiger charge is -2.01. The van der Waals surface area contributed by atoms with E-state index in [1.54, 1.807) is 36.6 Å². The predicted molar refractivity (Wildman–Crippen MR) is 105 cm³/mol. The first-order valence-electron chi connectivity index (χ1n) is 7.72. The summed E-state index contributed by atoms with van der Waals surface area (Å²) in [6, 6.07) is 8.56. The highest BCUT2D eigenvalue weighted by molar-refractivity contribution is 9.10. The summed E-state index contributed by atoms with van der Waals surface area (Å²) < 4.78 is 5.97. The molecule has 27 heavy (non-hydrogen) atoms. The van der Waals surface area contributed by atoms with Crippen LogP contribution in [-0.2, 0) is 11.3 Å². The molecule has 0 aliphatic heterocycles. The summed E-state index contributed by atoms with van der Waals surface area (Å²) in [5, 5.41) is 23.5. The van der Waals surface area contributed by atoms with Crippen molar-refractivity contribution in [2.75, 3.05) is 11.2 Å². The van der Waals surface area contributed by atoms with E-state index in [1.165, 1.54) is 18.0 Å². The molecule has 3 rings (SSSR count). The fourth-order valence-electron chi connectivity index (χ4n) is 1.93. The first-order chi connectivity index (χ1) is 13.1. The molecule has 9 nitrogen and oxygen atoms in total. The van der Waals surface area contributed by atoms with Gasteiger partial charge in [0.15, 0.2) is 0 Å². The van der Waals surface area contributed by atoms with Crippen molar-refractivity contribution in [3.8, 4) is 5.75 Å². The Morgan fingerprint density at radius 1 is 1.44 bits per heavy atom. The van der Waals surface area contributed by atoms with E-state index >= 15 is 0 Å². The molecule has 4 N–H and O–H groups in total. The zero-order valence-electron chi connectivity index (χ0n) is 13.8. The number of thioether (sulfide) groups is 1. The quantitative estimate of drug-likeness (QED) is 0.236. The van der Waals surface area contributed by atoms with Crippen LogP contribution in [0.3, 0.4) is 0 Å². The van der Waals surface area contributed by atoms with Gasteiger partial charge in [-0.25, -0.2) is 10.5 Å². The summed E-state index contributed by atoms with van der Waals surface area (Å²) in [6.45, 7) is 0.338. The summed E-state index contributed by atoms with van der Waals surface area (Å²) in [5.41, 5.74) is 3.22. The third-order valence-electron chi connectivity index (χ3n) is 3.20. The Balaban J connectivity index is 1.44. The molecule has 1 aromatic carbocycles. The van der Waals surface area contributed by atoms with Crippen LogP contribution in [0.25, 0.3) is 0 Å². The number of hydrogen-bond acceptors (Lipinski definition) is 8. The van der Waals surface area contributed by atoms with E-state index in [2.05, 4.69) is 47.0 Å². The zero-order chi connectivity index (χ0) is 19.1. The van der Waals surface area contributed by atoms with Crippen LogP contribution >= 0.6 is 27.7 Å². The van der Waals surface area contributed by atoms with Crippen LogP contribution in [0.5, 0.6) is 5.75 Å². The summed E-state index contributed by atoms with van der Waals surface area (Å²) in [7, 11) is 0. The summed E-state index contributed by atoms with van der Waals surface area (Å²) in [4.78, 5) is 16.0. The Labute approximate surface area is 166 Å². The van der Waals surface area contributed by atoms with Gasteiger partial charge >= 0.3 is 0 Å². The Kier molecular flexibility index (Phi) is 6.49. The molecule has 0 spiro atoms. The third-order valence-corrected chi connectivity index (χ3v) is 4.54. The first-order valence-corrected chi connectivity index (χ1v) is 9.50. The average molecular weight is 451 g/mol. The minimum absolute atomic E-state index is 0.109. The van der Waals surface area contributed by atoms with Crippen LogP contribution in [0.1, 0.15) is 11.3 Å². The van der Waals surface area contributed by atoms with E-state index in [0.717, 1.165) is 4.47 Å². The van der Waals surface area contributed by atoms with Crippen molar-refractivity contribution >= 4 is 45.8 Å². The zero-order valence-corrected chi connectivity index (χ0v) is 16.2. The van der Waals surface area contributed by atoms with Gasteiger partial charge in [-0.3, -0.25) is 4.79 Å². The van der Waals surface area contributed by atoms with Crippen LogP contribution < -0.4 is 10.7 Å². The number of hydrazone groups is 1. The second kappa shape index (κ2) is 9.24. The number of carbonyl (C=O) groups excluding carboxylic acids is 1. The number of nitrogens with zero attached hydrogens (tertiary/aromatic N) is 3.